The van der Waals surface area contributed by atoms with Gasteiger partial charge in [0.15, 0.2) is 0 Å². The molecule has 0 saturated carbocycles. The lowest BCUT2D eigenvalue weighted by Crippen LogP contribution is -2.53. The van der Waals surface area contributed by atoms with Crippen molar-refractivity contribution in [1.29, 1.82) is 0 Å². The van der Waals surface area contributed by atoms with Crippen molar-refractivity contribution >= 4 is 40.7 Å². The van der Waals surface area contributed by atoms with Crippen LogP contribution in [0.3, 0.4) is 0 Å². The summed E-state index contributed by atoms with van der Waals surface area (Å²) in [7, 11) is 1.56. The Bertz CT molecular complexity index is 447. The summed E-state index contributed by atoms with van der Waals surface area (Å²) >= 11 is 17.7. The van der Waals surface area contributed by atoms with E-state index < -0.39 is 9.96 Å². The summed E-state index contributed by atoms with van der Waals surface area (Å²) in [5.41, 5.74) is 0.465. The minimum atomic E-state index is -1.63. The number of nitrogens with one attached hydrogen (secondary N) is 2. The standard InChI is InChI=1S/C14H19Cl3N2O2/c1-3-4-9-18-13(14(15,16)17)19-12(20)10-5-7-11(21-2)8-6-10/h5-8,13,18H,3-4,9H2,1-2H3,(H,19,20). The van der Waals surface area contributed by atoms with Crippen molar-refractivity contribution in [1.82, 2.24) is 10.6 Å². The molecule has 0 fully saturated rings. The van der Waals surface area contributed by atoms with E-state index in [2.05, 4.69) is 17.6 Å². The molecule has 4 nitrogen and oxygen atoms in total. The smallest absolute Gasteiger partial charge is 0.252 e. The number of unbranched alkanes of at least 4 members (excludes halogenated alkanes) is 1. The van der Waals surface area contributed by atoms with Crippen LogP contribution in [0.4, 0.5) is 0 Å². The van der Waals surface area contributed by atoms with E-state index in [1.165, 1.54) is 0 Å². The van der Waals surface area contributed by atoms with Crippen molar-refractivity contribution in [3.8, 4) is 5.75 Å². The Balaban J connectivity index is 2.70. The van der Waals surface area contributed by atoms with Gasteiger partial charge in [-0.15, -0.1) is 0 Å². The molecule has 0 aliphatic heterocycles. The number of hydrogen-bond acceptors (Lipinski definition) is 3. The molecule has 0 spiro atoms. The van der Waals surface area contributed by atoms with Gasteiger partial charge in [0.25, 0.3) is 5.91 Å². The van der Waals surface area contributed by atoms with E-state index in [1.807, 2.05) is 0 Å². The highest BCUT2D eigenvalue weighted by Gasteiger charge is 2.33. The fourth-order valence-electron chi connectivity index (χ4n) is 1.63. The second kappa shape index (κ2) is 8.69. The van der Waals surface area contributed by atoms with Crippen LogP contribution in [0.15, 0.2) is 24.3 Å². The minimum Gasteiger partial charge on any atom is -0.497 e. The van der Waals surface area contributed by atoms with Crippen molar-refractivity contribution < 1.29 is 9.53 Å². The van der Waals surface area contributed by atoms with Crippen LogP contribution in [0.1, 0.15) is 30.1 Å². The van der Waals surface area contributed by atoms with E-state index in [4.69, 9.17) is 39.5 Å². The van der Waals surface area contributed by atoms with Gasteiger partial charge in [-0.3, -0.25) is 10.1 Å². The molecule has 0 heterocycles. The summed E-state index contributed by atoms with van der Waals surface area (Å²) < 4.78 is 3.41. The predicted octanol–water partition coefficient (Wildman–Crippen LogP) is 3.51. The zero-order valence-corrected chi connectivity index (χ0v) is 14.2. The quantitative estimate of drug-likeness (QED) is 0.448. The zero-order valence-electron chi connectivity index (χ0n) is 12.0. The molecule has 1 amide bonds. The first-order valence-corrected chi connectivity index (χ1v) is 7.77. The Morgan fingerprint density at radius 1 is 1.29 bits per heavy atom. The summed E-state index contributed by atoms with van der Waals surface area (Å²) in [5.74, 6) is 0.350. The molecule has 1 rings (SSSR count). The Kier molecular flexibility index (Phi) is 7.60. The van der Waals surface area contributed by atoms with Gasteiger partial charge in [-0.05, 0) is 37.2 Å². The van der Waals surface area contributed by atoms with Gasteiger partial charge < -0.3 is 10.1 Å². The number of halogens is 3. The summed E-state index contributed by atoms with van der Waals surface area (Å²) in [5, 5.41) is 5.71. The third-order valence-corrected chi connectivity index (χ3v) is 3.49. The van der Waals surface area contributed by atoms with Gasteiger partial charge in [0.05, 0.1) is 7.11 Å². The lowest BCUT2D eigenvalue weighted by molar-refractivity contribution is 0.0929. The maximum absolute atomic E-state index is 12.2. The van der Waals surface area contributed by atoms with Crippen molar-refractivity contribution in [2.45, 2.75) is 29.7 Å². The molecule has 1 aromatic carbocycles. The van der Waals surface area contributed by atoms with E-state index in [0.717, 1.165) is 12.8 Å². The molecular formula is C14H19Cl3N2O2. The Morgan fingerprint density at radius 3 is 2.38 bits per heavy atom. The molecule has 118 valence electrons. The predicted molar refractivity (Wildman–Crippen MR) is 87.4 cm³/mol. The second-order valence-corrected chi connectivity index (χ2v) is 6.85. The van der Waals surface area contributed by atoms with Crippen LogP contribution in [0.25, 0.3) is 0 Å². The molecule has 0 aromatic heterocycles. The largest absolute Gasteiger partial charge is 0.497 e. The van der Waals surface area contributed by atoms with E-state index in [1.54, 1.807) is 31.4 Å². The van der Waals surface area contributed by atoms with Crippen molar-refractivity contribution in [3.63, 3.8) is 0 Å². The third-order valence-electron chi connectivity index (χ3n) is 2.83. The normalized spacial score (nSPS) is 12.8. The lowest BCUT2D eigenvalue weighted by atomic mass is 10.2. The zero-order chi connectivity index (χ0) is 15.9. The molecule has 1 aromatic rings. The fraction of sp³-hybridized carbons (Fsp3) is 0.500. The number of carbonyl (C=O) groups excluding carboxylic acids is 1. The highest BCUT2D eigenvalue weighted by Crippen LogP contribution is 2.29. The van der Waals surface area contributed by atoms with Crippen LogP contribution in [-0.2, 0) is 0 Å². The number of ether oxygens (including phenoxy) is 1. The van der Waals surface area contributed by atoms with Gasteiger partial charge in [-0.25, -0.2) is 0 Å². The van der Waals surface area contributed by atoms with Crippen LogP contribution in [0.2, 0.25) is 0 Å². The van der Waals surface area contributed by atoms with Gasteiger partial charge in [0.1, 0.15) is 11.9 Å². The van der Waals surface area contributed by atoms with Crippen LogP contribution in [-0.4, -0.2) is 29.5 Å². The number of amides is 1. The molecule has 0 aliphatic rings. The van der Waals surface area contributed by atoms with Crippen LogP contribution >= 0.6 is 34.8 Å². The molecule has 21 heavy (non-hydrogen) atoms. The lowest BCUT2D eigenvalue weighted by Gasteiger charge is -2.26. The average molecular weight is 354 g/mol. The highest BCUT2D eigenvalue weighted by atomic mass is 35.6. The van der Waals surface area contributed by atoms with Gasteiger partial charge in [-0.2, -0.15) is 0 Å². The summed E-state index contributed by atoms with van der Waals surface area (Å²) in [6.07, 6.45) is 1.17. The summed E-state index contributed by atoms with van der Waals surface area (Å²) in [6.45, 7) is 2.71. The fourth-order valence-corrected chi connectivity index (χ4v) is 2.02. The molecule has 0 bridgehead atoms. The number of methoxy groups -OCH3 is 1. The molecule has 7 heteroatoms. The number of hydrogen-bond donors (Lipinski definition) is 2. The molecular weight excluding hydrogens is 335 g/mol. The number of carbonyl (C=O) groups is 1. The molecule has 1 atom stereocenters. The Labute approximate surface area is 140 Å². The minimum absolute atomic E-state index is 0.321. The second-order valence-electron chi connectivity index (χ2n) is 4.48. The molecule has 2 N–H and O–H groups in total. The topological polar surface area (TPSA) is 50.4 Å². The Morgan fingerprint density at radius 2 is 1.90 bits per heavy atom. The van der Waals surface area contributed by atoms with Gasteiger partial charge >= 0.3 is 0 Å². The van der Waals surface area contributed by atoms with E-state index in [9.17, 15) is 4.79 Å². The average Bonchev–Trinajstić information content (AvgIpc) is 2.45. The Hall–Kier alpha value is -0.680. The van der Waals surface area contributed by atoms with Crippen molar-refractivity contribution in [2.24, 2.45) is 0 Å². The van der Waals surface area contributed by atoms with E-state index in [-0.39, 0.29) is 5.91 Å². The first kappa shape index (κ1) is 18.4. The first-order chi connectivity index (χ1) is 9.88. The maximum Gasteiger partial charge on any atom is 0.252 e. The molecule has 0 radical (unpaired) electrons. The van der Waals surface area contributed by atoms with Gasteiger partial charge in [-0.1, -0.05) is 48.1 Å². The molecule has 0 aliphatic carbocycles. The number of rotatable bonds is 7. The van der Waals surface area contributed by atoms with Crippen LogP contribution in [0.5, 0.6) is 5.75 Å². The SMILES string of the molecule is CCCCNC(NC(=O)c1ccc(OC)cc1)C(Cl)(Cl)Cl. The van der Waals surface area contributed by atoms with Crippen LogP contribution in [0, 0.1) is 0 Å². The summed E-state index contributed by atoms with van der Waals surface area (Å²) in [4.78, 5) is 12.2. The van der Waals surface area contributed by atoms with E-state index in [0.29, 0.717) is 17.9 Å². The third kappa shape index (κ3) is 6.30. The first-order valence-electron chi connectivity index (χ1n) is 6.63. The van der Waals surface area contributed by atoms with Gasteiger partial charge in [0.2, 0.25) is 3.79 Å². The van der Waals surface area contributed by atoms with Crippen molar-refractivity contribution in [3.05, 3.63) is 29.8 Å². The van der Waals surface area contributed by atoms with Gasteiger partial charge in [0, 0.05) is 5.56 Å². The monoisotopic (exact) mass is 352 g/mol. The van der Waals surface area contributed by atoms with Crippen molar-refractivity contribution in [2.75, 3.05) is 13.7 Å². The highest BCUT2D eigenvalue weighted by molar-refractivity contribution is 6.68. The molecule has 0 saturated heterocycles. The maximum atomic E-state index is 12.2. The number of alkyl halides is 3. The van der Waals surface area contributed by atoms with E-state index >= 15 is 0 Å². The van der Waals surface area contributed by atoms with Crippen LogP contribution < -0.4 is 15.4 Å². The molecule has 1 unspecified atom stereocenters. The number of benzene rings is 1. The summed E-state index contributed by atoms with van der Waals surface area (Å²) in [6, 6.07) is 6.69.